The van der Waals surface area contributed by atoms with Crippen LogP contribution in [0.4, 0.5) is 9.18 Å². The molecule has 3 fully saturated rings. The van der Waals surface area contributed by atoms with Crippen LogP contribution in [-0.2, 0) is 42.2 Å². The van der Waals surface area contributed by atoms with E-state index in [1.54, 1.807) is 12.1 Å². The number of nitrogens with two attached hydrogens (primary N) is 1. The van der Waals surface area contributed by atoms with Crippen molar-refractivity contribution >= 4 is 33.8 Å². The van der Waals surface area contributed by atoms with Gasteiger partial charge in [0.1, 0.15) is 23.5 Å². The van der Waals surface area contributed by atoms with E-state index in [2.05, 4.69) is 10.0 Å². The van der Waals surface area contributed by atoms with E-state index in [0.717, 1.165) is 19.3 Å². The Labute approximate surface area is 255 Å². The summed E-state index contributed by atoms with van der Waals surface area (Å²) in [6.07, 6.45) is 6.91. The standard InChI is InChI=1S/C30H38FN5O7S/c31-23-9-6-7-18-15-35(17-22(18)23)29(40)43-20-13-25-26(37)33-30(28(39)34-44(41,42)21-11-12-21)14-19(30)8-4-2-1-3-5-10-24(32)27(38)36(25)16-20/h4,6-9,19-21,24-25H,1-3,5,10-17,32H2,(H,33,37)(H,34,39)/t19-,20-,24-,25+,30-/m1/s1. The number of benzene rings is 1. The lowest BCUT2D eigenvalue weighted by atomic mass is 10.1. The minimum absolute atomic E-state index is 0.0379. The largest absolute Gasteiger partial charge is 0.444 e. The molecule has 4 N–H and O–H groups in total. The average Bonchev–Trinajstić information content (AvgIpc) is 3.86. The third kappa shape index (κ3) is 6.06. The van der Waals surface area contributed by atoms with Crippen LogP contribution in [0.15, 0.2) is 30.4 Å². The lowest BCUT2D eigenvalue weighted by molar-refractivity contribution is -0.140. The van der Waals surface area contributed by atoms with Crippen molar-refractivity contribution in [1.82, 2.24) is 19.8 Å². The summed E-state index contributed by atoms with van der Waals surface area (Å²) in [6, 6.07) is 2.68. The monoisotopic (exact) mass is 631 g/mol. The quantitative estimate of drug-likeness (QED) is 0.421. The molecule has 0 unspecified atom stereocenters. The van der Waals surface area contributed by atoms with Crippen molar-refractivity contribution < 1.29 is 36.7 Å². The van der Waals surface area contributed by atoms with Gasteiger partial charge in [0.15, 0.2) is 0 Å². The van der Waals surface area contributed by atoms with Gasteiger partial charge < -0.3 is 20.7 Å². The summed E-state index contributed by atoms with van der Waals surface area (Å²) in [5, 5.41) is 2.16. The van der Waals surface area contributed by atoms with Crippen molar-refractivity contribution in [3.63, 3.8) is 0 Å². The summed E-state index contributed by atoms with van der Waals surface area (Å²) >= 11 is 0. The number of ether oxygens (including phenoxy) is 1. The van der Waals surface area contributed by atoms with E-state index in [1.165, 1.54) is 15.9 Å². The summed E-state index contributed by atoms with van der Waals surface area (Å²) in [5.74, 6) is -2.73. The number of fused-ring (bicyclic) bond motifs is 3. The minimum atomic E-state index is -3.86. The molecule has 0 aromatic heterocycles. The number of hydrogen-bond acceptors (Lipinski definition) is 8. The number of rotatable bonds is 4. The summed E-state index contributed by atoms with van der Waals surface area (Å²) in [4.78, 5) is 56.5. The van der Waals surface area contributed by atoms with Crippen LogP contribution >= 0.6 is 0 Å². The molecule has 12 nitrogen and oxygen atoms in total. The zero-order chi connectivity index (χ0) is 31.2. The summed E-state index contributed by atoms with van der Waals surface area (Å²) in [5.41, 5.74) is 5.89. The van der Waals surface area contributed by atoms with Crippen LogP contribution in [0.5, 0.6) is 0 Å². The van der Waals surface area contributed by atoms with E-state index in [9.17, 15) is 32.0 Å². The van der Waals surface area contributed by atoms with Crippen molar-refractivity contribution in [2.75, 3.05) is 6.54 Å². The first-order valence-corrected chi connectivity index (χ1v) is 16.9. The van der Waals surface area contributed by atoms with Crippen molar-refractivity contribution in [2.24, 2.45) is 11.7 Å². The van der Waals surface area contributed by atoms with E-state index in [0.29, 0.717) is 36.8 Å². The second-order valence-electron chi connectivity index (χ2n) is 12.6. The minimum Gasteiger partial charge on any atom is -0.444 e. The smallest absolute Gasteiger partial charge is 0.410 e. The molecule has 5 atom stereocenters. The van der Waals surface area contributed by atoms with Gasteiger partial charge in [0.05, 0.1) is 24.4 Å². The zero-order valence-corrected chi connectivity index (χ0v) is 25.2. The van der Waals surface area contributed by atoms with Gasteiger partial charge in [-0.2, -0.15) is 0 Å². The number of carbonyl (C=O) groups excluding carboxylic acids is 4. The lowest BCUT2D eigenvalue weighted by Crippen LogP contribution is -2.57. The van der Waals surface area contributed by atoms with Gasteiger partial charge in [-0.3, -0.25) is 24.0 Å². The van der Waals surface area contributed by atoms with Crippen LogP contribution in [0.25, 0.3) is 0 Å². The molecule has 4 amide bonds. The number of sulfonamides is 1. The third-order valence-corrected chi connectivity index (χ3v) is 11.2. The molecule has 3 heterocycles. The van der Waals surface area contributed by atoms with Crippen molar-refractivity contribution in [1.29, 1.82) is 0 Å². The molecule has 1 saturated heterocycles. The normalized spacial score (nSPS) is 30.8. The highest BCUT2D eigenvalue weighted by molar-refractivity contribution is 7.91. The molecule has 2 aliphatic carbocycles. The van der Waals surface area contributed by atoms with Crippen LogP contribution in [0, 0.1) is 11.7 Å². The molecule has 5 aliphatic rings. The molecule has 238 valence electrons. The van der Waals surface area contributed by atoms with E-state index in [1.807, 2.05) is 12.2 Å². The van der Waals surface area contributed by atoms with E-state index >= 15 is 0 Å². The molecule has 1 aromatic rings. The number of amides is 4. The van der Waals surface area contributed by atoms with E-state index in [4.69, 9.17) is 10.5 Å². The highest BCUT2D eigenvalue weighted by Crippen LogP contribution is 2.46. The molecular formula is C30H38FN5O7S. The Morgan fingerprint density at radius 3 is 2.66 bits per heavy atom. The van der Waals surface area contributed by atoms with Crippen LogP contribution < -0.4 is 15.8 Å². The Bertz CT molecular complexity index is 1500. The van der Waals surface area contributed by atoms with Crippen LogP contribution in [0.2, 0.25) is 0 Å². The molecule has 0 bridgehead atoms. The first-order chi connectivity index (χ1) is 21.0. The molecule has 0 spiro atoms. The topological polar surface area (TPSA) is 168 Å². The van der Waals surface area contributed by atoms with E-state index < -0.39 is 74.5 Å². The van der Waals surface area contributed by atoms with Gasteiger partial charge in [-0.05, 0) is 50.2 Å². The molecule has 0 radical (unpaired) electrons. The number of carbonyl (C=O) groups is 4. The second kappa shape index (κ2) is 11.8. The Hall–Kier alpha value is -3.52. The maximum Gasteiger partial charge on any atom is 0.410 e. The molecule has 6 rings (SSSR count). The first-order valence-electron chi connectivity index (χ1n) is 15.3. The fourth-order valence-electron chi connectivity index (χ4n) is 6.47. The fourth-order valence-corrected chi connectivity index (χ4v) is 7.83. The number of nitrogens with zero attached hydrogens (tertiary/aromatic N) is 2. The molecule has 3 aliphatic heterocycles. The molecular weight excluding hydrogens is 593 g/mol. The summed E-state index contributed by atoms with van der Waals surface area (Å²) in [6.45, 7) is 0.137. The van der Waals surface area contributed by atoms with Gasteiger partial charge in [0.2, 0.25) is 21.8 Å². The van der Waals surface area contributed by atoms with Gasteiger partial charge in [-0.1, -0.05) is 37.1 Å². The Morgan fingerprint density at radius 2 is 1.91 bits per heavy atom. The number of nitrogens with one attached hydrogen (secondary N) is 2. The van der Waals surface area contributed by atoms with Gasteiger partial charge >= 0.3 is 6.09 Å². The van der Waals surface area contributed by atoms with Crippen LogP contribution in [0.3, 0.4) is 0 Å². The second-order valence-corrected chi connectivity index (χ2v) is 14.6. The summed E-state index contributed by atoms with van der Waals surface area (Å²) < 4.78 is 47.3. The lowest BCUT2D eigenvalue weighted by Gasteiger charge is -2.28. The molecule has 14 heteroatoms. The maximum atomic E-state index is 14.2. The SMILES string of the molecule is N[C@@H]1CCCCCC=C[C@@H]2C[C@@]2(C(=O)NS(=O)(=O)C2CC2)NC(=O)[C@@H]2C[C@@H](OC(=O)N3Cc4cccc(F)c4C3)CN2C1=O. The van der Waals surface area contributed by atoms with Crippen molar-refractivity contribution in [3.8, 4) is 0 Å². The zero-order valence-electron chi connectivity index (χ0n) is 24.4. The average molecular weight is 632 g/mol. The van der Waals surface area contributed by atoms with Crippen LogP contribution in [-0.4, -0.2) is 77.6 Å². The van der Waals surface area contributed by atoms with E-state index in [-0.39, 0.29) is 32.5 Å². The van der Waals surface area contributed by atoms with Gasteiger partial charge in [0.25, 0.3) is 5.91 Å². The Morgan fingerprint density at radius 1 is 1.11 bits per heavy atom. The van der Waals surface area contributed by atoms with Crippen molar-refractivity contribution in [2.45, 2.75) is 99.9 Å². The van der Waals surface area contributed by atoms with Crippen molar-refractivity contribution in [3.05, 3.63) is 47.3 Å². The Kier molecular flexibility index (Phi) is 8.16. The number of halogens is 1. The van der Waals surface area contributed by atoms with Gasteiger partial charge in [0, 0.05) is 24.4 Å². The molecule has 1 aromatic carbocycles. The highest BCUT2D eigenvalue weighted by Gasteiger charge is 2.62. The number of allylic oxidation sites excluding steroid dienone is 1. The molecule has 44 heavy (non-hydrogen) atoms. The highest BCUT2D eigenvalue weighted by atomic mass is 32.2. The first kappa shape index (κ1) is 30.5. The number of hydrogen-bond donors (Lipinski definition) is 3. The summed E-state index contributed by atoms with van der Waals surface area (Å²) in [7, 11) is -3.86. The maximum absolute atomic E-state index is 14.2. The van der Waals surface area contributed by atoms with Crippen LogP contribution in [0.1, 0.15) is 68.9 Å². The molecule has 2 saturated carbocycles. The Balaban J connectivity index is 1.20. The van der Waals surface area contributed by atoms with Gasteiger partial charge in [-0.15, -0.1) is 0 Å². The predicted octanol–water partition coefficient (Wildman–Crippen LogP) is 1.58. The third-order valence-electron chi connectivity index (χ3n) is 9.34. The fraction of sp³-hybridized carbons (Fsp3) is 0.600. The predicted molar refractivity (Wildman–Crippen MR) is 155 cm³/mol. The van der Waals surface area contributed by atoms with Gasteiger partial charge in [-0.25, -0.2) is 17.6 Å².